The quantitative estimate of drug-likeness (QED) is 0.236. The minimum Gasteiger partial charge on any atom is -0.506 e. The van der Waals surface area contributed by atoms with Crippen molar-refractivity contribution in [2.45, 2.75) is 65.2 Å². The first kappa shape index (κ1) is 27.7. The van der Waals surface area contributed by atoms with Gasteiger partial charge in [0.05, 0.1) is 0 Å². The molecule has 0 spiro atoms. The van der Waals surface area contributed by atoms with Gasteiger partial charge in [-0.3, -0.25) is 9.97 Å². The molecule has 2 N–H and O–H groups in total. The molecular formula is C29H36N2O2Zn. The second kappa shape index (κ2) is 14.0. The molecule has 0 saturated carbocycles. The number of aromatic nitrogens is 2. The molecule has 0 radical (unpaired) electrons. The zero-order valence-electron chi connectivity index (χ0n) is 20.7. The van der Waals surface area contributed by atoms with E-state index in [2.05, 4.69) is 42.9 Å². The van der Waals surface area contributed by atoms with Gasteiger partial charge < -0.3 is 10.2 Å². The maximum absolute atomic E-state index is 10.5. The Kier molecular flexibility index (Phi) is 11.4. The third kappa shape index (κ3) is 7.24. The van der Waals surface area contributed by atoms with Gasteiger partial charge in [-0.25, -0.2) is 0 Å². The Morgan fingerprint density at radius 2 is 1.41 bits per heavy atom. The standard InChI is InChI=1S/C20H29NO.C9H7NO.Zn/c1-4-6-8-16(5-2)11-10-15(3)18-13-12-17-9-7-14-21-19(17)20(18)22;11-8-5-1-3-7-4-2-6-10-9(7)8;/h7,9,12-16,22H,4-6,8,10-11H2,1-3H3;1-6,11H;. The molecule has 2 aromatic heterocycles. The Morgan fingerprint density at radius 1 is 0.765 bits per heavy atom. The van der Waals surface area contributed by atoms with Gasteiger partial charge in [0.2, 0.25) is 0 Å². The van der Waals surface area contributed by atoms with Gasteiger partial charge in [0.15, 0.2) is 0 Å². The SMILES string of the molecule is CCCCC(CC)CCC(C)c1ccc2cccnc2c1O.Oc1cccc2cccnc12.[Zn]. The largest absolute Gasteiger partial charge is 0.506 e. The third-order valence-electron chi connectivity index (χ3n) is 6.47. The van der Waals surface area contributed by atoms with Gasteiger partial charge in [-0.2, -0.15) is 0 Å². The van der Waals surface area contributed by atoms with E-state index in [1.165, 1.54) is 32.1 Å². The van der Waals surface area contributed by atoms with E-state index in [4.69, 9.17) is 0 Å². The fourth-order valence-corrected chi connectivity index (χ4v) is 4.32. The fraction of sp³-hybridized carbons (Fsp3) is 0.379. The zero-order chi connectivity index (χ0) is 23.6. The maximum Gasteiger partial charge on any atom is 0.145 e. The first-order valence-corrected chi connectivity index (χ1v) is 12.1. The van der Waals surface area contributed by atoms with E-state index in [0.717, 1.165) is 34.2 Å². The predicted octanol–water partition coefficient (Wildman–Crippen LogP) is 7.98. The number of aromatic hydroxyl groups is 2. The van der Waals surface area contributed by atoms with Crippen LogP contribution in [0.5, 0.6) is 11.5 Å². The molecule has 0 aliphatic heterocycles. The number of phenols is 2. The molecule has 34 heavy (non-hydrogen) atoms. The van der Waals surface area contributed by atoms with Crippen molar-refractivity contribution in [2.24, 2.45) is 5.92 Å². The van der Waals surface area contributed by atoms with Crippen LogP contribution in [0.25, 0.3) is 21.8 Å². The van der Waals surface area contributed by atoms with E-state index in [-0.39, 0.29) is 25.2 Å². The van der Waals surface area contributed by atoms with Crippen molar-refractivity contribution < 1.29 is 29.7 Å². The van der Waals surface area contributed by atoms with Gasteiger partial charge >= 0.3 is 0 Å². The van der Waals surface area contributed by atoms with Gasteiger partial charge in [0, 0.05) is 42.6 Å². The first-order valence-electron chi connectivity index (χ1n) is 12.1. The number of hydrogen-bond donors (Lipinski definition) is 2. The molecular weight excluding hydrogens is 474 g/mol. The number of nitrogens with zero attached hydrogens (tertiary/aromatic N) is 2. The van der Waals surface area contributed by atoms with Gasteiger partial charge in [-0.1, -0.05) is 82.9 Å². The summed E-state index contributed by atoms with van der Waals surface area (Å²) in [6, 6.07) is 17.2. The van der Waals surface area contributed by atoms with Gasteiger partial charge in [-0.05, 0) is 48.4 Å². The van der Waals surface area contributed by atoms with Crippen molar-refractivity contribution >= 4 is 21.8 Å². The van der Waals surface area contributed by atoms with Crippen molar-refractivity contribution in [3.05, 3.63) is 72.6 Å². The van der Waals surface area contributed by atoms with E-state index < -0.39 is 0 Å². The molecule has 0 fully saturated rings. The van der Waals surface area contributed by atoms with Crippen molar-refractivity contribution in [3.8, 4) is 11.5 Å². The monoisotopic (exact) mass is 508 g/mol. The Morgan fingerprint density at radius 3 is 2.06 bits per heavy atom. The summed E-state index contributed by atoms with van der Waals surface area (Å²) >= 11 is 0. The molecule has 0 aliphatic carbocycles. The summed E-state index contributed by atoms with van der Waals surface area (Å²) in [4.78, 5) is 8.36. The van der Waals surface area contributed by atoms with Crippen molar-refractivity contribution in [2.75, 3.05) is 0 Å². The van der Waals surface area contributed by atoms with Crippen LogP contribution in [-0.4, -0.2) is 20.2 Å². The van der Waals surface area contributed by atoms with E-state index >= 15 is 0 Å². The van der Waals surface area contributed by atoms with Crippen LogP contribution in [0.2, 0.25) is 0 Å². The number of fused-ring (bicyclic) bond motifs is 2. The van der Waals surface area contributed by atoms with Crippen LogP contribution in [-0.2, 0) is 19.5 Å². The predicted molar refractivity (Wildman–Crippen MR) is 138 cm³/mol. The summed E-state index contributed by atoms with van der Waals surface area (Å²) in [5, 5.41) is 21.8. The van der Waals surface area contributed by atoms with Gasteiger partial charge in [-0.15, -0.1) is 0 Å². The molecule has 2 heterocycles. The van der Waals surface area contributed by atoms with Crippen molar-refractivity contribution in [3.63, 3.8) is 0 Å². The molecule has 5 heteroatoms. The molecule has 176 valence electrons. The summed E-state index contributed by atoms with van der Waals surface area (Å²) in [6.45, 7) is 6.77. The van der Waals surface area contributed by atoms with Crippen LogP contribution in [0.3, 0.4) is 0 Å². The van der Waals surface area contributed by atoms with Crippen LogP contribution in [0.15, 0.2) is 67.0 Å². The summed E-state index contributed by atoms with van der Waals surface area (Å²) < 4.78 is 0. The average Bonchev–Trinajstić information content (AvgIpc) is 2.85. The summed E-state index contributed by atoms with van der Waals surface area (Å²) in [5.41, 5.74) is 2.43. The summed E-state index contributed by atoms with van der Waals surface area (Å²) in [6.07, 6.45) is 11.0. The van der Waals surface area contributed by atoms with Crippen LogP contribution < -0.4 is 0 Å². The number of rotatable bonds is 8. The number of benzene rings is 2. The molecule has 2 atom stereocenters. The smallest absolute Gasteiger partial charge is 0.145 e. The first-order chi connectivity index (χ1) is 16.0. The Labute approximate surface area is 216 Å². The van der Waals surface area contributed by atoms with Gasteiger partial charge in [0.25, 0.3) is 0 Å². The summed E-state index contributed by atoms with van der Waals surface area (Å²) in [7, 11) is 0. The third-order valence-corrected chi connectivity index (χ3v) is 6.47. The Balaban J connectivity index is 0.000000284. The van der Waals surface area contributed by atoms with E-state index in [1.807, 2.05) is 30.3 Å². The second-order valence-corrected chi connectivity index (χ2v) is 8.83. The molecule has 2 unspecified atom stereocenters. The molecule has 0 bridgehead atoms. The van der Waals surface area contributed by atoms with Crippen LogP contribution in [0, 0.1) is 5.92 Å². The van der Waals surface area contributed by atoms with Crippen LogP contribution >= 0.6 is 0 Å². The molecule has 4 aromatic rings. The topological polar surface area (TPSA) is 66.2 Å². The van der Waals surface area contributed by atoms with Crippen molar-refractivity contribution in [1.29, 1.82) is 0 Å². The molecule has 0 amide bonds. The number of phenolic OH excluding ortho intramolecular Hbond substituents is 2. The molecule has 4 rings (SSSR count). The van der Waals surface area contributed by atoms with Crippen LogP contribution in [0.4, 0.5) is 0 Å². The maximum atomic E-state index is 10.5. The van der Waals surface area contributed by atoms with E-state index in [9.17, 15) is 10.2 Å². The van der Waals surface area contributed by atoms with E-state index in [0.29, 0.717) is 17.2 Å². The molecule has 0 aliphatic rings. The number of hydrogen-bond acceptors (Lipinski definition) is 4. The Bertz CT molecular complexity index is 1160. The number of unbranched alkanes of at least 4 members (excludes halogenated alkanes) is 1. The average molecular weight is 510 g/mol. The zero-order valence-corrected chi connectivity index (χ0v) is 23.7. The van der Waals surface area contributed by atoms with Gasteiger partial charge in [0.1, 0.15) is 22.5 Å². The number of pyridine rings is 2. The van der Waals surface area contributed by atoms with Crippen LogP contribution in [0.1, 0.15) is 70.8 Å². The summed E-state index contributed by atoms with van der Waals surface area (Å²) in [5.74, 6) is 1.81. The minimum atomic E-state index is 0. The van der Waals surface area contributed by atoms with Crippen molar-refractivity contribution in [1.82, 2.24) is 9.97 Å². The molecule has 0 saturated heterocycles. The number of para-hydroxylation sites is 1. The fourth-order valence-electron chi connectivity index (χ4n) is 4.32. The second-order valence-electron chi connectivity index (χ2n) is 8.83. The normalized spacial score (nSPS) is 12.4. The minimum absolute atomic E-state index is 0. The Hall–Kier alpha value is -2.52. The molecule has 4 nitrogen and oxygen atoms in total. The van der Waals surface area contributed by atoms with E-state index in [1.54, 1.807) is 24.5 Å². The molecule has 2 aromatic carbocycles.